The molecule has 2 fully saturated rings. The molecule has 0 spiro atoms. The Hall–Kier alpha value is -4.71. The van der Waals surface area contributed by atoms with E-state index < -0.39 is 23.6 Å². The zero-order valence-electron chi connectivity index (χ0n) is 27.2. The zero-order valence-corrected chi connectivity index (χ0v) is 27.2. The van der Waals surface area contributed by atoms with E-state index in [-0.39, 0.29) is 23.8 Å². The summed E-state index contributed by atoms with van der Waals surface area (Å²) in [5.74, 6) is 1.07. The number of carbonyl (C=O) groups is 3. The molecule has 3 aliphatic rings. The highest BCUT2D eigenvalue weighted by molar-refractivity contribution is 5.86. The average Bonchev–Trinajstić information content (AvgIpc) is 3.87. The third-order valence-electron chi connectivity index (χ3n) is 9.64. The Morgan fingerprint density at radius 3 is 2.55 bits per heavy atom. The van der Waals surface area contributed by atoms with Gasteiger partial charge in [-0.3, -0.25) is 9.59 Å². The monoisotopic (exact) mass is 640 g/mol. The van der Waals surface area contributed by atoms with Crippen LogP contribution in [-0.2, 0) is 26.3 Å². The van der Waals surface area contributed by atoms with Crippen LogP contribution in [0.15, 0.2) is 61.0 Å². The van der Waals surface area contributed by atoms with Crippen molar-refractivity contribution in [2.75, 3.05) is 20.2 Å². The van der Waals surface area contributed by atoms with Crippen molar-refractivity contribution in [3.05, 3.63) is 89.6 Å². The lowest BCUT2D eigenvalue weighted by molar-refractivity contribution is -0.136. The highest BCUT2D eigenvalue weighted by atomic mass is 16.5. The Morgan fingerprint density at radius 2 is 1.83 bits per heavy atom. The smallest absolute Gasteiger partial charge is 0.407 e. The number of aromatic amines is 2. The first kappa shape index (κ1) is 32.2. The lowest BCUT2D eigenvalue weighted by Gasteiger charge is -2.32. The zero-order chi connectivity index (χ0) is 33.1. The van der Waals surface area contributed by atoms with Crippen molar-refractivity contribution in [1.82, 2.24) is 35.1 Å². The van der Waals surface area contributed by atoms with Gasteiger partial charge >= 0.3 is 6.09 Å². The Morgan fingerprint density at radius 1 is 1.09 bits per heavy atom. The molecular formula is C35H44N8O4. The van der Waals surface area contributed by atoms with Crippen LogP contribution in [0.4, 0.5) is 4.79 Å². The molecule has 2 aromatic heterocycles. The fourth-order valence-electron chi connectivity index (χ4n) is 6.93. The minimum atomic E-state index is -0.712. The van der Waals surface area contributed by atoms with E-state index in [0.29, 0.717) is 44.1 Å². The predicted octanol–water partition coefficient (Wildman–Crippen LogP) is 3.96. The number of amides is 3. The van der Waals surface area contributed by atoms with Crippen LogP contribution in [0.1, 0.15) is 80.6 Å². The van der Waals surface area contributed by atoms with Crippen LogP contribution in [0.2, 0.25) is 0 Å². The molecule has 4 atom stereocenters. The number of carbonyl (C=O) groups excluding carboxylic acids is 3. The van der Waals surface area contributed by atoms with Gasteiger partial charge in [-0.1, -0.05) is 62.4 Å². The Labute approximate surface area is 274 Å². The van der Waals surface area contributed by atoms with Crippen LogP contribution >= 0.6 is 0 Å². The van der Waals surface area contributed by atoms with Gasteiger partial charge < -0.3 is 35.6 Å². The maximum atomic E-state index is 13.7. The molecule has 4 heterocycles. The first-order valence-electron chi connectivity index (χ1n) is 16.4. The molecule has 2 aliphatic heterocycles. The largest absolute Gasteiger partial charge is 0.453 e. The number of nitrogens with zero attached hydrogens (tertiary/aromatic N) is 4. The van der Waals surface area contributed by atoms with Gasteiger partial charge in [0.1, 0.15) is 17.7 Å². The highest BCUT2D eigenvalue weighted by Gasteiger charge is 2.41. The van der Waals surface area contributed by atoms with Crippen molar-refractivity contribution in [2.45, 2.75) is 76.0 Å². The van der Waals surface area contributed by atoms with E-state index in [4.69, 9.17) is 20.4 Å². The number of methoxy groups -OCH3 is 1. The fourth-order valence-corrected chi connectivity index (χ4v) is 6.93. The number of benzene rings is 1. The van der Waals surface area contributed by atoms with Gasteiger partial charge in [-0.05, 0) is 49.2 Å². The molecule has 47 heavy (non-hydrogen) atoms. The Balaban J connectivity index is 1.30. The minimum Gasteiger partial charge on any atom is -0.453 e. The summed E-state index contributed by atoms with van der Waals surface area (Å²) in [6.45, 7) is 5.40. The topological polar surface area (TPSA) is 162 Å². The number of allylic oxidation sites excluding steroid dienone is 4. The summed E-state index contributed by atoms with van der Waals surface area (Å²) in [5, 5.41) is 2.71. The molecule has 6 rings (SSSR count). The number of H-pyrrole nitrogens is 2. The summed E-state index contributed by atoms with van der Waals surface area (Å²) >= 11 is 0. The number of hydrogen-bond acceptors (Lipinski definition) is 7. The molecular weight excluding hydrogens is 596 g/mol. The quantitative estimate of drug-likeness (QED) is 0.275. The second-order valence-electron chi connectivity index (χ2n) is 13.0. The van der Waals surface area contributed by atoms with E-state index in [2.05, 4.69) is 45.6 Å². The third kappa shape index (κ3) is 6.47. The van der Waals surface area contributed by atoms with E-state index in [0.717, 1.165) is 41.8 Å². The van der Waals surface area contributed by atoms with Gasteiger partial charge in [0.25, 0.3) is 0 Å². The normalized spacial score (nSPS) is 23.6. The van der Waals surface area contributed by atoms with Gasteiger partial charge in [-0.25, -0.2) is 14.8 Å². The summed E-state index contributed by atoms with van der Waals surface area (Å²) in [4.78, 5) is 58.7. The van der Waals surface area contributed by atoms with E-state index in [1.165, 1.54) is 7.11 Å². The number of aromatic nitrogens is 4. The van der Waals surface area contributed by atoms with Gasteiger partial charge in [-0.15, -0.1) is 0 Å². The predicted molar refractivity (Wildman–Crippen MR) is 177 cm³/mol. The molecule has 0 saturated carbocycles. The van der Waals surface area contributed by atoms with Crippen LogP contribution in [0, 0.1) is 5.92 Å². The van der Waals surface area contributed by atoms with Crippen molar-refractivity contribution in [3.8, 4) is 0 Å². The van der Waals surface area contributed by atoms with Crippen molar-refractivity contribution >= 4 is 23.5 Å². The number of rotatable bonds is 9. The summed E-state index contributed by atoms with van der Waals surface area (Å²) < 4.78 is 4.79. The first-order valence-corrected chi connectivity index (χ1v) is 16.4. The summed E-state index contributed by atoms with van der Waals surface area (Å²) in [7, 11) is 1.29. The van der Waals surface area contributed by atoms with E-state index in [1.54, 1.807) is 4.90 Å². The van der Waals surface area contributed by atoms with Crippen molar-refractivity contribution in [1.29, 1.82) is 0 Å². The lowest BCUT2D eigenvalue weighted by atomic mass is 9.74. The molecule has 248 valence electrons. The van der Waals surface area contributed by atoms with Gasteiger partial charge in [0.2, 0.25) is 11.8 Å². The number of ether oxygens (including phenoxy) is 1. The number of nitrogens with one attached hydrogen (secondary N) is 3. The molecule has 3 amide bonds. The van der Waals surface area contributed by atoms with Crippen molar-refractivity contribution < 1.29 is 19.1 Å². The van der Waals surface area contributed by atoms with Crippen LogP contribution in [0.3, 0.4) is 0 Å². The number of hydrogen-bond donors (Lipinski definition) is 4. The summed E-state index contributed by atoms with van der Waals surface area (Å²) in [6.07, 6.45) is 13.4. The highest BCUT2D eigenvalue weighted by Crippen LogP contribution is 2.42. The second-order valence-corrected chi connectivity index (χ2v) is 13.0. The van der Waals surface area contributed by atoms with Gasteiger partial charge in [0.15, 0.2) is 0 Å². The fraction of sp³-hybridized carbons (Fsp3) is 0.457. The van der Waals surface area contributed by atoms with Gasteiger partial charge in [-0.2, -0.15) is 0 Å². The molecule has 3 unspecified atom stereocenters. The SMILES string of the molecule is COC(=O)N[C@H](C(=O)N1CCCC1c1ncc(C2(c3cnc(CN4CCCC(N)C4=O)[nH]3)C=CC(c3ccccc3)=CC2)[nH]1)C(C)C. The number of nitrogens with two attached hydrogens (primary N) is 1. The summed E-state index contributed by atoms with van der Waals surface area (Å²) in [5.41, 5.74) is 9.40. The molecule has 2 saturated heterocycles. The van der Waals surface area contributed by atoms with Crippen molar-refractivity contribution in [2.24, 2.45) is 11.7 Å². The average molecular weight is 641 g/mol. The Kier molecular flexibility index (Phi) is 9.31. The standard InChI is InChI=1S/C35H44N8O4/c1-22(2)30(41-34(46)47-3)33(45)43-18-8-12-26(43)31-38-20-28(40-31)35(15-13-24(14-16-35)23-9-5-4-6-10-23)27-19-37-29(39-27)21-42-17-7-11-25(36)32(42)44/h4-6,9-10,13-15,19-20,22,25-26,30H,7-8,11-12,16-18,21,36H2,1-3H3,(H,37,39)(H,38,40)(H,41,46)/t25?,26?,30-,35?/m0/s1. The van der Waals surface area contributed by atoms with Gasteiger partial charge in [0, 0.05) is 25.5 Å². The maximum Gasteiger partial charge on any atom is 0.407 e. The molecule has 1 aliphatic carbocycles. The first-order chi connectivity index (χ1) is 22.7. The van der Waals surface area contributed by atoms with E-state index in [9.17, 15) is 14.4 Å². The summed E-state index contributed by atoms with van der Waals surface area (Å²) in [6, 6.07) is 8.81. The molecule has 5 N–H and O–H groups in total. The number of alkyl carbamates (subject to hydrolysis) is 1. The Bertz CT molecular complexity index is 1660. The minimum absolute atomic E-state index is 0.0488. The number of likely N-dealkylation sites (tertiary alicyclic amines) is 2. The van der Waals surface area contributed by atoms with Crippen molar-refractivity contribution in [3.63, 3.8) is 0 Å². The lowest BCUT2D eigenvalue weighted by Crippen LogP contribution is -2.51. The van der Waals surface area contributed by atoms with Crippen LogP contribution < -0.4 is 11.1 Å². The molecule has 12 heteroatoms. The third-order valence-corrected chi connectivity index (χ3v) is 9.64. The molecule has 3 aromatic rings. The van der Waals surface area contributed by atoms with Crippen LogP contribution in [0.5, 0.6) is 0 Å². The number of imidazole rings is 2. The maximum absolute atomic E-state index is 13.7. The molecule has 0 radical (unpaired) electrons. The van der Waals surface area contributed by atoms with Gasteiger partial charge in [0.05, 0.1) is 42.5 Å². The second kappa shape index (κ2) is 13.6. The molecule has 0 bridgehead atoms. The number of piperidine rings is 1. The van der Waals surface area contributed by atoms with Crippen LogP contribution in [-0.4, -0.2) is 79.9 Å². The van der Waals surface area contributed by atoms with E-state index in [1.807, 2.05) is 49.3 Å². The van der Waals surface area contributed by atoms with E-state index >= 15 is 0 Å². The molecule has 12 nitrogen and oxygen atoms in total. The van der Waals surface area contributed by atoms with Crippen LogP contribution in [0.25, 0.3) is 5.57 Å². The molecule has 1 aromatic carbocycles.